The third kappa shape index (κ3) is 1.26. The van der Waals surface area contributed by atoms with Crippen LogP contribution < -0.4 is 10.1 Å². The molecule has 0 saturated heterocycles. The summed E-state index contributed by atoms with van der Waals surface area (Å²) in [5, 5.41) is 2.76. The van der Waals surface area contributed by atoms with Gasteiger partial charge in [0.1, 0.15) is 5.75 Å². The van der Waals surface area contributed by atoms with Gasteiger partial charge in [0.25, 0.3) is 5.91 Å². The molecule has 2 rings (SSSR count). The molecule has 1 amide bonds. The molecule has 0 unspecified atom stereocenters. The summed E-state index contributed by atoms with van der Waals surface area (Å²) < 4.78 is 6.20. The fraction of sp³-hybridized carbons (Fsp3) is 0.125. The van der Waals surface area contributed by atoms with Crippen molar-refractivity contribution in [3.8, 4) is 5.75 Å². The molecule has 0 atom stereocenters. The van der Waals surface area contributed by atoms with Gasteiger partial charge in [0.05, 0.1) is 5.69 Å². The highest BCUT2D eigenvalue weighted by Crippen LogP contribution is 2.31. The first-order valence-electron chi connectivity index (χ1n) is 3.48. The molecule has 0 fully saturated rings. The summed E-state index contributed by atoms with van der Waals surface area (Å²) in [6, 6.07) is 5.67. The Morgan fingerprint density at radius 1 is 1.50 bits per heavy atom. The van der Waals surface area contributed by atoms with Gasteiger partial charge in [-0.2, -0.15) is 0 Å². The summed E-state index contributed by atoms with van der Waals surface area (Å²) in [5.41, 5.74) is 0.786. The molecule has 1 aliphatic heterocycles. The molecule has 0 aliphatic carbocycles. The van der Waals surface area contributed by atoms with Crippen LogP contribution in [0.5, 0.6) is 5.75 Å². The number of carbonyl (C=O) groups is 1. The van der Waals surface area contributed by atoms with Crippen LogP contribution in [0.3, 0.4) is 0 Å². The molecule has 1 aromatic rings. The molecule has 4 heteroatoms. The third-order valence-corrected chi connectivity index (χ3v) is 2.50. The maximum absolute atomic E-state index is 10.9. The summed E-state index contributed by atoms with van der Waals surface area (Å²) in [6.45, 7) is 0.118. The monoisotopic (exact) mass is 275 g/mol. The Morgan fingerprint density at radius 2 is 2.33 bits per heavy atom. The van der Waals surface area contributed by atoms with E-state index in [4.69, 9.17) is 4.74 Å². The molecule has 0 saturated carbocycles. The maximum atomic E-state index is 10.9. The summed E-state index contributed by atoms with van der Waals surface area (Å²) in [4.78, 5) is 10.9. The average molecular weight is 275 g/mol. The van der Waals surface area contributed by atoms with E-state index in [2.05, 4.69) is 27.9 Å². The molecule has 1 heterocycles. The van der Waals surface area contributed by atoms with Gasteiger partial charge in [-0.15, -0.1) is 0 Å². The summed E-state index contributed by atoms with van der Waals surface area (Å²) in [6.07, 6.45) is 0. The van der Waals surface area contributed by atoms with E-state index < -0.39 is 0 Å². The van der Waals surface area contributed by atoms with E-state index in [1.165, 1.54) is 0 Å². The Morgan fingerprint density at radius 3 is 3.17 bits per heavy atom. The second kappa shape index (κ2) is 2.93. The minimum absolute atomic E-state index is 0.0911. The van der Waals surface area contributed by atoms with Gasteiger partial charge >= 0.3 is 0 Å². The zero-order valence-corrected chi connectivity index (χ0v) is 8.29. The molecule has 0 bridgehead atoms. The molecule has 62 valence electrons. The number of anilines is 1. The Labute approximate surface area is 83.2 Å². The third-order valence-electron chi connectivity index (χ3n) is 1.60. The van der Waals surface area contributed by atoms with E-state index in [9.17, 15) is 4.79 Å². The lowest BCUT2D eigenvalue weighted by Crippen LogP contribution is -2.25. The lowest BCUT2D eigenvalue weighted by atomic mass is 10.2. The molecule has 0 radical (unpaired) electrons. The summed E-state index contributed by atoms with van der Waals surface area (Å²) in [5.74, 6) is 0.660. The Balaban J connectivity index is 2.50. The predicted octanol–water partition coefficient (Wildman–Crippen LogP) is 1.62. The predicted molar refractivity (Wildman–Crippen MR) is 53.3 cm³/mol. The number of halogens is 1. The van der Waals surface area contributed by atoms with Crippen LogP contribution in [-0.4, -0.2) is 12.5 Å². The van der Waals surface area contributed by atoms with Gasteiger partial charge in [-0.1, -0.05) is 6.07 Å². The fourth-order valence-corrected chi connectivity index (χ4v) is 1.67. The second-order valence-electron chi connectivity index (χ2n) is 2.45. The zero-order chi connectivity index (χ0) is 8.55. The molecule has 0 spiro atoms. The standard InChI is InChI=1S/C8H6INO2/c9-5-2-1-3-6-8(5)10-7(11)4-12-6/h1-3H,4H2,(H,10,11). The summed E-state index contributed by atoms with van der Waals surface area (Å²) >= 11 is 2.16. The van der Waals surface area contributed by atoms with Crippen LogP contribution in [0.25, 0.3) is 0 Å². The van der Waals surface area contributed by atoms with Crippen molar-refractivity contribution in [2.75, 3.05) is 11.9 Å². The minimum atomic E-state index is -0.0911. The van der Waals surface area contributed by atoms with Gasteiger partial charge in [-0.05, 0) is 34.7 Å². The number of nitrogens with one attached hydrogen (secondary N) is 1. The smallest absolute Gasteiger partial charge is 0.262 e. The van der Waals surface area contributed by atoms with Crippen molar-refractivity contribution < 1.29 is 9.53 Å². The minimum Gasteiger partial charge on any atom is -0.482 e. The average Bonchev–Trinajstić information content (AvgIpc) is 2.07. The van der Waals surface area contributed by atoms with Crippen molar-refractivity contribution in [3.63, 3.8) is 0 Å². The highest BCUT2D eigenvalue weighted by atomic mass is 127. The first-order chi connectivity index (χ1) is 5.77. The van der Waals surface area contributed by atoms with Crippen LogP contribution in [0, 0.1) is 3.57 Å². The number of amides is 1. The van der Waals surface area contributed by atoms with Crippen molar-refractivity contribution in [2.45, 2.75) is 0 Å². The highest BCUT2D eigenvalue weighted by Gasteiger charge is 2.17. The topological polar surface area (TPSA) is 38.3 Å². The normalized spacial score (nSPS) is 14.6. The van der Waals surface area contributed by atoms with Crippen molar-refractivity contribution in [3.05, 3.63) is 21.8 Å². The van der Waals surface area contributed by atoms with Crippen LogP contribution >= 0.6 is 22.6 Å². The molecule has 1 N–H and O–H groups in total. The molecule has 1 aliphatic rings. The Bertz CT molecular complexity index is 338. The number of para-hydroxylation sites is 1. The maximum Gasteiger partial charge on any atom is 0.262 e. The lowest BCUT2D eigenvalue weighted by Gasteiger charge is -2.18. The van der Waals surface area contributed by atoms with Gasteiger partial charge in [-0.3, -0.25) is 4.79 Å². The number of rotatable bonds is 0. The number of fused-ring (bicyclic) bond motifs is 1. The first kappa shape index (κ1) is 7.85. The quantitative estimate of drug-likeness (QED) is 0.731. The molecular weight excluding hydrogens is 269 g/mol. The highest BCUT2D eigenvalue weighted by molar-refractivity contribution is 14.1. The van der Waals surface area contributed by atoms with E-state index in [0.29, 0.717) is 0 Å². The van der Waals surface area contributed by atoms with Crippen LogP contribution in [0.4, 0.5) is 5.69 Å². The number of hydrogen-bond donors (Lipinski definition) is 1. The zero-order valence-electron chi connectivity index (χ0n) is 6.13. The Hall–Kier alpha value is -0.780. The van der Waals surface area contributed by atoms with E-state index >= 15 is 0 Å². The second-order valence-corrected chi connectivity index (χ2v) is 3.61. The van der Waals surface area contributed by atoms with Crippen molar-refractivity contribution >= 4 is 34.2 Å². The SMILES string of the molecule is O=C1COc2cccc(I)c2N1. The molecule has 3 nitrogen and oxygen atoms in total. The van der Waals surface area contributed by atoms with E-state index in [1.54, 1.807) is 0 Å². The van der Waals surface area contributed by atoms with Crippen LogP contribution in [-0.2, 0) is 4.79 Å². The number of carbonyl (C=O) groups excluding carboxylic acids is 1. The van der Waals surface area contributed by atoms with E-state index in [0.717, 1.165) is 15.0 Å². The molecule has 0 aromatic heterocycles. The van der Waals surface area contributed by atoms with Crippen molar-refractivity contribution in [2.24, 2.45) is 0 Å². The largest absolute Gasteiger partial charge is 0.482 e. The fourth-order valence-electron chi connectivity index (χ4n) is 1.06. The molecule has 1 aromatic carbocycles. The first-order valence-corrected chi connectivity index (χ1v) is 4.56. The summed E-state index contributed by atoms with van der Waals surface area (Å²) in [7, 11) is 0. The lowest BCUT2D eigenvalue weighted by molar-refractivity contribution is -0.118. The van der Waals surface area contributed by atoms with Gasteiger partial charge in [-0.25, -0.2) is 0 Å². The number of benzene rings is 1. The van der Waals surface area contributed by atoms with Gasteiger partial charge in [0.15, 0.2) is 6.61 Å². The van der Waals surface area contributed by atoms with Crippen LogP contribution in [0.15, 0.2) is 18.2 Å². The number of ether oxygens (including phenoxy) is 1. The molecule has 12 heavy (non-hydrogen) atoms. The van der Waals surface area contributed by atoms with Gasteiger partial charge in [0, 0.05) is 3.57 Å². The number of hydrogen-bond acceptors (Lipinski definition) is 2. The van der Waals surface area contributed by atoms with Crippen molar-refractivity contribution in [1.29, 1.82) is 0 Å². The van der Waals surface area contributed by atoms with Gasteiger partial charge in [0.2, 0.25) is 0 Å². The van der Waals surface area contributed by atoms with E-state index in [-0.39, 0.29) is 12.5 Å². The van der Waals surface area contributed by atoms with Gasteiger partial charge < -0.3 is 10.1 Å². The van der Waals surface area contributed by atoms with E-state index in [1.807, 2.05) is 18.2 Å². The molecular formula is C8H6INO2. The van der Waals surface area contributed by atoms with Crippen LogP contribution in [0.1, 0.15) is 0 Å². The van der Waals surface area contributed by atoms with Crippen molar-refractivity contribution in [1.82, 2.24) is 0 Å². The van der Waals surface area contributed by atoms with Crippen LogP contribution in [0.2, 0.25) is 0 Å². The Kier molecular flexibility index (Phi) is 1.92.